The van der Waals surface area contributed by atoms with Gasteiger partial charge in [-0.1, -0.05) is 43.3 Å². The third-order valence-corrected chi connectivity index (χ3v) is 4.42. The van der Waals surface area contributed by atoms with E-state index in [0.717, 1.165) is 23.2 Å². The molecular weight excluding hydrogens is 341 g/mol. The van der Waals surface area contributed by atoms with Gasteiger partial charge in [-0.05, 0) is 53.4 Å². The van der Waals surface area contributed by atoms with Gasteiger partial charge in [-0.3, -0.25) is 0 Å². The molecule has 3 nitrogen and oxygen atoms in total. The highest BCUT2D eigenvalue weighted by atomic mass is 19.1. The second-order valence-corrected chi connectivity index (χ2v) is 6.26. The Kier molecular flexibility index (Phi) is 6.31. The van der Waals surface area contributed by atoms with Crippen molar-refractivity contribution < 1.29 is 13.9 Å². The fourth-order valence-electron chi connectivity index (χ4n) is 2.88. The number of ether oxygens (including phenoxy) is 2. The molecule has 0 radical (unpaired) electrons. The van der Waals surface area contributed by atoms with Gasteiger partial charge in [0.15, 0.2) is 11.5 Å². The summed E-state index contributed by atoms with van der Waals surface area (Å²) in [4.78, 5) is 0. The maximum absolute atomic E-state index is 13.0. The van der Waals surface area contributed by atoms with Crippen LogP contribution in [-0.2, 0) is 19.6 Å². The molecule has 3 rings (SSSR count). The minimum Gasteiger partial charge on any atom is -0.493 e. The molecule has 3 aromatic carbocycles. The van der Waals surface area contributed by atoms with Crippen LogP contribution in [0.25, 0.3) is 0 Å². The van der Waals surface area contributed by atoms with Crippen LogP contribution < -0.4 is 14.8 Å². The van der Waals surface area contributed by atoms with E-state index in [1.807, 2.05) is 24.3 Å². The highest BCUT2D eigenvalue weighted by molar-refractivity contribution is 5.52. The number of methoxy groups -OCH3 is 1. The fraction of sp³-hybridized carbons (Fsp3) is 0.217. The zero-order chi connectivity index (χ0) is 19.1. The van der Waals surface area contributed by atoms with Crippen molar-refractivity contribution in [1.29, 1.82) is 0 Å². The first-order valence-electron chi connectivity index (χ1n) is 9.05. The third-order valence-electron chi connectivity index (χ3n) is 4.42. The van der Waals surface area contributed by atoms with E-state index in [9.17, 15) is 4.39 Å². The molecular formula is C23H24FNO2. The molecule has 0 aliphatic carbocycles. The van der Waals surface area contributed by atoms with Crippen molar-refractivity contribution in [3.63, 3.8) is 0 Å². The molecule has 0 fully saturated rings. The molecule has 0 aliphatic heterocycles. The Morgan fingerprint density at radius 1 is 0.889 bits per heavy atom. The van der Waals surface area contributed by atoms with E-state index in [1.165, 1.54) is 17.7 Å². The summed E-state index contributed by atoms with van der Waals surface area (Å²) in [7, 11) is 1.63. The van der Waals surface area contributed by atoms with E-state index in [0.29, 0.717) is 24.7 Å². The monoisotopic (exact) mass is 365 g/mol. The van der Waals surface area contributed by atoms with Crippen LogP contribution in [-0.4, -0.2) is 7.11 Å². The molecule has 4 heteroatoms. The van der Waals surface area contributed by atoms with E-state index in [1.54, 1.807) is 19.2 Å². The quantitative estimate of drug-likeness (QED) is 0.565. The van der Waals surface area contributed by atoms with Gasteiger partial charge >= 0.3 is 0 Å². The molecule has 0 saturated heterocycles. The molecule has 0 saturated carbocycles. The molecule has 0 atom stereocenters. The molecule has 3 aromatic rings. The summed E-state index contributed by atoms with van der Waals surface area (Å²) in [6, 6.07) is 20.5. The Bertz CT molecular complexity index is 878. The first-order valence-corrected chi connectivity index (χ1v) is 9.05. The second kappa shape index (κ2) is 9.08. The standard InChI is InChI=1S/C23H24FNO2/c1-3-19-6-4-5-7-21(19)25-15-18-10-13-22(23(14-18)26-2)27-16-17-8-11-20(24)12-9-17/h4-14,25H,3,15-16H2,1-2H3. The predicted octanol–water partition coefficient (Wildman–Crippen LogP) is 5.59. The predicted molar refractivity (Wildman–Crippen MR) is 107 cm³/mol. The summed E-state index contributed by atoms with van der Waals surface area (Å²) in [6.45, 7) is 3.21. The highest BCUT2D eigenvalue weighted by Gasteiger charge is 2.07. The van der Waals surface area contributed by atoms with Crippen LogP contribution in [0.5, 0.6) is 11.5 Å². The summed E-state index contributed by atoms with van der Waals surface area (Å²) in [6.07, 6.45) is 0.989. The van der Waals surface area contributed by atoms with Gasteiger partial charge < -0.3 is 14.8 Å². The van der Waals surface area contributed by atoms with Gasteiger partial charge in [0.1, 0.15) is 12.4 Å². The number of hydrogen-bond donors (Lipinski definition) is 1. The van der Waals surface area contributed by atoms with Crippen molar-refractivity contribution in [3.05, 3.63) is 89.2 Å². The lowest BCUT2D eigenvalue weighted by atomic mass is 10.1. The van der Waals surface area contributed by atoms with Crippen LogP contribution >= 0.6 is 0 Å². The van der Waals surface area contributed by atoms with Crippen molar-refractivity contribution in [1.82, 2.24) is 0 Å². The topological polar surface area (TPSA) is 30.5 Å². The summed E-state index contributed by atoms with van der Waals surface area (Å²) in [5, 5.41) is 3.48. The number of rotatable bonds is 8. The molecule has 0 spiro atoms. The Morgan fingerprint density at radius 2 is 1.63 bits per heavy atom. The number of aryl methyl sites for hydroxylation is 1. The van der Waals surface area contributed by atoms with Gasteiger partial charge in [0, 0.05) is 12.2 Å². The Hall–Kier alpha value is -3.01. The SMILES string of the molecule is CCc1ccccc1NCc1ccc(OCc2ccc(F)cc2)c(OC)c1. The minimum absolute atomic E-state index is 0.252. The average molecular weight is 365 g/mol. The van der Waals surface area contributed by atoms with Crippen molar-refractivity contribution in [2.45, 2.75) is 26.5 Å². The lowest BCUT2D eigenvalue weighted by Gasteiger charge is -2.14. The number of hydrogen-bond acceptors (Lipinski definition) is 3. The van der Waals surface area contributed by atoms with Crippen LogP contribution in [0.4, 0.5) is 10.1 Å². The van der Waals surface area contributed by atoms with Crippen molar-refractivity contribution >= 4 is 5.69 Å². The Morgan fingerprint density at radius 3 is 2.37 bits per heavy atom. The number of anilines is 1. The van der Waals surface area contributed by atoms with E-state index < -0.39 is 0 Å². The minimum atomic E-state index is -0.252. The molecule has 140 valence electrons. The lowest BCUT2D eigenvalue weighted by Crippen LogP contribution is -2.03. The molecule has 0 bridgehead atoms. The summed E-state index contributed by atoms with van der Waals surface area (Å²) >= 11 is 0. The van der Waals surface area contributed by atoms with Crippen molar-refractivity contribution in [2.24, 2.45) is 0 Å². The zero-order valence-corrected chi connectivity index (χ0v) is 15.7. The van der Waals surface area contributed by atoms with E-state index >= 15 is 0 Å². The average Bonchev–Trinajstić information content (AvgIpc) is 2.72. The van der Waals surface area contributed by atoms with E-state index in [-0.39, 0.29) is 5.82 Å². The molecule has 27 heavy (non-hydrogen) atoms. The molecule has 0 heterocycles. The van der Waals surface area contributed by atoms with Gasteiger partial charge in [0.05, 0.1) is 7.11 Å². The zero-order valence-electron chi connectivity index (χ0n) is 15.7. The van der Waals surface area contributed by atoms with E-state index in [2.05, 4.69) is 30.4 Å². The molecule has 0 aliphatic rings. The number of nitrogens with one attached hydrogen (secondary N) is 1. The van der Waals surface area contributed by atoms with Gasteiger partial charge in [-0.2, -0.15) is 0 Å². The largest absolute Gasteiger partial charge is 0.493 e. The Labute approximate surface area is 159 Å². The maximum atomic E-state index is 13.0. The molecule has 0 unspecified atom stereocenters. The van der Waals surface area contributed by atoms with Gasteiger partial charge in [-0.15, -0.1) is 0 Å². The number of halogens is 1. The van der Waals surface area contributed by atoms with Gasteiger partial charge in [0.2, 0.25) is 0 Å². The van der Waals surface area contributed by atoms with Crippen LogP contribution in [0.15, 0.2) is 66.7 Å². The number of para-hydroxylation sites is 1. The lowest BCUT2D eigenvalue weighted by molar-refractivity contribution is 0.284. The molecule has 1 N–H and O–H groups in total. The summed E-state index contributed by atoms with van der Waals surface area (Å²) in [5.74, 6) is 1.09. The molecule has 0 amide bonds. The van der Waals surface area contributed by atoms with Crippen molar-refractivity contribution in [3.8, 4) is 11.5 Å². The third kappa shape index (κ3) is 5.00. The van der Waals surface area contributed by atoms with Crippen molar-refractivity contribution in [2.75, 3.05) is 12.4 Å². The Balaban J connectivity index is 1.65. The summed E-state index contributed by atoms with van der Waals surface area (Å²) < 4.78 is 24.3. The van der Waals surface area contributed by atoms with Crippen LogP contribution in [0.1, 0.15) is 23.6 Å². The van der Waals surface area contributed by atoms with Gasteiger partial charge in [0.25, 0.3) is 0 Å². The highest BCUT2D eigenvalue weighted by Crippen LogP contribution is 2.29. The smallest absolute Gasteiger partial charge is 0.161 e. The molecule has 0 aromatic heterocycles. The first-order chi connectivity index (χ1) is 13.2. The maximum Gasteiger partial charge on any atom is 0.161 e. The normalized spacial score (nSPS) is 10.5. The second-order valence-electron chi connectivity index (χ2n) is 6.26. The van der Waals surface area contributed by atoms with E-state index in [4.69, 9.17) is 9.47 Å². The van der Waals surface area contributed by atoms with Gasteiger partial charge in [-0.25, -0.2) is 4.39 Å². The van der Waals surface area contributed by atoms with Crippen LogP contribution in [0.3, 0.4) is 0 Å². The van der Waals surface area contributed by atoms with Crippen LogP contribution in [0.2, 0.25) is 0 Å². The summed E-state index contributed by atoms with van der Waals surface area (Å²) in [5.41, 5.74) is 4.45. The first kappa shape index (κ1) is 18.8. The fourth-order valence-corrected chi connectivity index (χ4v) is 2.88. The number of benzene rings is 3. The van der Waals surface area contributed by atoms with Crippen LogP contribution in [0, 0.1) is 5.82 Å².